The molecule has 96 valence electrons. The number of ether oxygens (including phenoxy) is 1. The van der Waals surface area contributed by atoms with Crippen LogP contribution in [0, 0.1) is 6.92 Å². The zero-order valence-electron chi connectivity index (χ0n) is 11.0. The molecule has 4 heteroatoms. The third kappa shape index (κ3) is 3.06. The highest BCUT2D eigenvalue weighted by molar-refractivity contribution is 7.11. The van der Waals surface area contributed by atoms with Gasteiger partial charge >= 0.3 is 0 Å². The number of nitrogens with zero attached hydrogens (tertiary/aromatic N) is 1. The Balaban J connectivity index is 2.11. The lowest BCUT2D eigenvalue weighted by atomic mass is 10.0. The molecule has 0 bridgehead atoms. The molecule has 0 spiro atoms. The molecule has 1 atom stereocenters. The van der Waals surface area contributed by atoms with E-state index < -0.39 is 0 Å². The molecule has 2 heterocycles. The number of thiazole rings is 1. The summed E-state index contributed by atoms with van der Waals surface area (Å²) in [5, 5.41) is 4.78. The van der Waals surface area contributed by atoms with Gasteiger partial charge in [-0.2, -0.15) is 0 Å². The number of hydrogen-bond donors (Lipinski definition) is 1. The van der Waals surface area contributed by atoms with Gasteiger partial charge in [0.25, 0.3) is 0 Å². The first kappa shape index (κ1) is 13.0. The van der Waals surface area contributed by atoms with Crippen LogP contribution in [0.4, 0.5) is 0 Å². The van der Waals surface area contributed by atoms with Crippen LogP contribution in [-0.4, -0.2) is 24.7 Å². The van der Waals surface area contributed by atoms with Crippen LogP contribution >= 0.6 is 11.3 Å². The first-order valence-corrected chi connectivity index (χ1v) is 7.32. The van der Waals surface area contributed by atoms with Crippen molar-refractivity contribution >= 4 is 11.3 Å². The molecule has 17 heavy (non-hydrogen) atoms. The Kier molecular flexibility index (Phi) is 4.54. The highest BCUT2D eigenvalue weighted by atomic mass is 32.1. The van der Waals surface area contributed by atoms with Gasteiger partial charge in [0.15, 0.2) is 0 Å². The number of nitrogens with one attached hydrogen (secondary N) is 1. The fourth-order valence-electron chi connectivity index (χ4n) is 2.35. The molecule has 1 N–H and O–H groups in total. The van der Waals surface area contributed by atoms with Gasteiger partial charge in [-0.3, -0.25) is 0 Å². The Morgan fingerprint density at radius 2 is 2.18 bits per heavy atom. The maximum atomic E-state index is 5.41. The van der Waals surface area contributed by atoms with E-state index in [2.05, 4.69) is 26.1 Å². The highest BCUT2D eigenvalue weighted by Gasteiger charge is 2.22. The normalized spacial score (nSPS) is 19.5. The van der Waals surface area contributed by atoms with E-state index in [1.54, 1.807) is 0 Å². The summed E-state index contributed by atoms with van der Waals surface area (Å²) in [6, 6.07) is 0.422. The molecule has 0 aromatic carbocycles. The molecular weight excluding hydrogens is 232 g/mol. The van der Waals surface area contributed by atoms with Gasteiger partial charge < -0.3 is 10.1 Å². The third-order valence-electron chi connectivity index (χ3n) is 3.32. The average Bonchev–Trinajstić information content (AvgIpc) is 2.73. The van der Waals surface area contributed by atoms with Gasteiger partial charge in [0.1, 0.15) is 0 Å². The fraction of sp³-hybridized carbons (Fsp3) is 0.769. The van der Waals surface area contributed by atoms with Gasteiger partial charge in [-0.25, -0.2) is 4.98 Å². The van der Waals surface area contributed by atoms with E-state index in [4.69, 9.17) is 9.72 Å². The predicted octanol–water partition coefficient (Wildman–Crippen LogP) is 3.02. The summed E-state index contributed by atoms with van der Waals surface area (Å²) in [4.78, 5) is 6.16. The lowest BCUT2D eigenvalue weighted by Gasteiger charge is -2.19. The Morgan fingerprint density at radius 3 is 2.82 bits per heavy atom. The van der Waals surface area contributed by atoms with Crippen LogP contribution in [-0.2, 0) is 4.74 Å². The van der Waals surface area contributed by atoms with Gasteiger partial charge in [0.2, 0.25) is 0 Å². The molecule has 1 unspecified atom stereocenters. The lowest BCUT2D eigenvalue weighted by Crippen LogP contribution is -2.17. The van der Waals surface area contributed by atoms with Crippen molar-refractivity contribution in [3.8, 4) is 0 Å². The summed E-state index contributed by atoms with van der Waals surface area (Å²) in [6.45, 7) is 9.28. The van der Waals surface area contributed by atoms with Crippen LogP contribution in [0.2, 0.25) is 0 Å². The number of aryl methyl sites for hydroxylation is 1. The monoisotopic (exact) mass is 254 g/mol. The van der Waals surface area contributed by atoms with Crippen molar-refractivity contribution in [1.82, 2.24) is 10.3 Å². The van der Waals surface area contributed by atoms with Crippen LogP contribution in [0.5, 0.6) is 0 Å². The Hall–Kier alpha value is -0.450. The van der Waals surface area contributed by atoms with E-state index in [0.29, 0.717) is 12.0 Å². The Labute approximate surface area is 108 Å². The summed E-state index contributed by atoms with van der Waals surface area (Å²) < 4.78 is 5.41. The molecular formula is C13H22N2OS. The van der Waals surface area contributed by atoms with E-state index in [0.717, 1.165) is 32.6 Å². The lowest BCUT2D eigenvalue weighted by molar-refractivity contribution is 0.0852. The van der Waals surface area contributed by atoms with Crippen LogP contribution in [0.15, 0.2) is 0 Å². The topological polar surface area (TPSA) is 34.1 Å². The minimum Gasteiger partial charge on any atom is -0.381 e. The van der Waals surface area contributed by atoms with Crippen molar-refractivity contribution in [3.05, 3.63) is 15.6 Å². The number of hydrogen-bond acceptors (Lipinski definition) is 4. The molecule has 1 fully saturated rings. The zero-order valence-corrected chi connectivity index (χ0v) is 11.8. The van der Waals surface area contributed by atoms with Gasteiger partial charge in [-0.15, -0.1) is 11.3 Å². The smallest absolute Gasteiger partial charge is 0.0964 e. The van der Waals surface area contributed by atoms with Crippen molar-refractivity contribution in [2.75, 3.05) is 19.8 Å². The fourth-order valence-corrected chi connectivity index (χ4v) is 3.61. The predicted molar refractivity (Wildman–Crippen MR) is 71.7 cm³/mol. The average molecular weight is 254 g/mol. The summed E-state index contributed by atoms with van der Waals surface area (Å²) in [6.07, 6.45) is 2.25. The largest absolute Gasteiger partial charge is 0.381 e. The Morgan fingerprint density at radius 1 is 1.47 bits per heavy atom. The van der Waals surface area contributed by atoms with Crippen molar-refractivity contribution in [2.45, 2.75) is 45.6 Å². The van der Waals surface area contributed by atoms with Crippen LogP contribution in [0.25, 0.3) is 0 Å². The highest BCUT2D eigenvalue weighted by Crippen LogP contribution is 2.34. The van der Waals surface area contributed by atoms with Gasteiger partial charge in [-0.05, 0) is 33.2 Å². The van der Waals surface area contributed by atoms with Crippen LogP contribution in [0.1, 0.15) is 54.2 Å². The quantitative estimate of drug-likeness (QED) is 0.897. The zero-order chi connectivity index (χ0) is 12.3. The Bertz CT molecular complexity index is 358. The summed E-state index contributed by atoms with van der Waals surface area (Å²) in [5.41, 5.74) is 1.20. The second-order valence-corrected chi connectivity index (χ2v) is 5.73. The third-order valence-corrected chi connectivity index (χ3v) is 4.83. The van der Waals surface area contributed by atoms with Crippen LogP contribution < -0.4 is 5.32 Å². The summed E-state index contributed by atoms with van der Waals surface area (Å²) in [5.74, 6) is 0.620. The number of rotatable bonds is 4. The number of aromatic nitrogens is 1. The molecule has 1 saturated heterocycles. The van der Waals surface area contributed by atoms with E-state index >= 15 is 0 Å². The molecule has 1 aliphatic rings. The van der Waals surface area contributed by atoms with E-state index in [9.17, 15) is 0 Å². The van der Waals surface area contributed by atoms with Crippen molar-refractivity contribution < 1.29 is 4.74 Å². The maximum Gasteiger partial charge on any atom is 0.0964 e. The second-order valence-electron chi connectivity index (χ2n) is 4.67. The van der Waals surface area contributed by atoms with Crippen LogP contribution in [0.3, 0.4) is 0 Å². The summed E-state index contributed by atoms with van der Waals surface area (Å²) in [7, 11) is 0. The molecule has 3 nitrogen and oxygen atoms in total. The van der Waals surface area contributed by atoms with E-state index in [-0.39, 0.29) is 0 Å². The standard InChI is InChI=1S/C13H22N2OS/c1-4-14-9(2)12-10(3)15-13(17-12)11-5-7-16-8-6-11/h9,11,14H,4-8H2,1-3H3. The van der Waals surface area contributed by atoms with Crippen molar-refractivity contribution in [3.63, 3.8) is 0 Å². The minimum atomic E-state index is 0.422. The molecule has 0 amide bonds. The molecule has 2 rings (SSSR count). The molecule has 1 aliphatic heterocycles. The SMILES string of the molecule is CCNC(C)c1sc(C2CCOCC2)nc1C. The minimum absolute atomic E-state index is 0.422. The molecule has 0 aliphatic carbocycles. The molecule has 0 saturated carbocycles. The van der Waals surface area contributed by atoms with Gasteiger partial charge in [0.05, 0.1) is 10.7 Å². The van der Waals surface area contributed by atoms with Crippen molar-refractivity contribution in [2.24, 2.45) is 0 Å². The first-order valence-electron chi connectivity index (χ1n) is 6.50. The van der Waals surface area contributed by atoms with Gasteiger partial charge in [0, 0.05) is 30.1 Å². The molecule has 1 aromatic heterocycles. The molecule has 0 radical (unpaired) electrons. The van der Waals surface area contributed by atoms with E-state index in [1.165, 1.54) is 15.6 Å². The summed E-state index contributed by atoms with van der Waals surface area (Å²) >= 11 is 1.88. The molecule has 1 aromatic rings. The van der Waals surface area contributed by atoms with Gasteiger partial charge in [-0.1, -0.05) is 6.92 Å². The first-order chi connectivity index (χ1) is 8.22. The maximum absolute atomic E-state index is 5.41. The second kappa shape index (κ2) is 5.94. The van der Waals surface area contributed by atoms with Crippen molar-refractivity contribution in [1.29, 1.82) is 0 Å². The van der Waals surface area contributed by atoms with E-state index in [1.807, 2.05) is 11.3 Å².